The molecule has 1 atom stereocenters. The second-order valence-corrected chi connectivity index (χ2v) is 2.89. The highest BCUT2D eigenvalue weighted by molar-refractivity contribution is 4.90. The van der Waals surface area contributed by atoms with Crippen LogP contribution >= 0.6 is 0 Å². The summed E-state index contributed by atoms with van der Waals surface area (Å²) in [6, 6.07) is 0.471. The van der Waals surface area contributed by atoms with Gasteiger partial charge >= 0.3 is 0 Å². The third-order valence-electron chi connectivity index (χ3n) is 2.14. The Hall–Kier alpha value is -0.500. The summed E-state index contributed by atoms with van der Waals surface area (Å²) in [6.07, 6.45) is 6.80. The van der Waals surface area contributed by atoms with Crippen LogP contribution in [0.3, 0.4) is 0 Å². The van der Waals surface area contributed by atoms with E-state index in [9.17, 15) is 0 Å². The Bertz CT molecular complexity index is 122. The molecule has 0 unspecified atom stereocenters. The topological polar surface area (TPSA) is 23.5 Å². The number of piperidine rings is 1. The third-order valence-corrected chi connectivity index (χ3v) is 2.14. The Morgan fingerprint density at radius 1 is 1.50 bits per heavy atom. The lowest BCUT2D eigenvalue weighted by molar-refractivity contribution is 0.219. The highest BCUT2D eigenvalue weighted by atomic mass is 16.2. The minimum Gasteiger partial charge on any atom is -0.516 e. The largest absolute Gasteiger partial charge is 0.516 e. The summed E-state index contributed by atoms with van der Waals surface area (Å²) in [5.41, 5.74) is 0. The van der Waals surface area contributed by atoms with E-state index >= 15 is 0 Å². The van der Waals surface area contributed by atoms with Crippen molar-refractivity contribution in [3.8, 4) is 0 Å². The molecule has 1 saturated heterocycles. The summed E-state index contributed by atoms with van der Waals surface area (Å²) in [4.78, 5) is 2.27. The van der Waals surface area contributed by atoms with Crippen molar-refractivity contribution in [3.63, 3.8) is 0 Å². The smallest absolute Gasteiger partial charge is 0.0767 e. The van der Waals surface area contributed by atoms with Crippen LogP contribution in [0.15, 0.2) is 12.3 Å². The molecule has 0 aromatic heterocycles. The molecule has 1 aliphatic rings. The zero-order valence-electron chi connectivity index (χ0n) is 6.45. The fourth-order valence-corrected chi connectivity index (χ4v) is 1.44. The van der Waals surface area contributed by atoms with Crippen LogP contribution in [0.5, 0.6) is 0 Å². The van der Waals surface area contributed by atoms with E-state index in [0.717, 1.165) is 12.8 Å². The predicted molar refractivity (Wildman–Crippen MR) is 42.0 cm³/mol. The molecule has 1 aliphatic heterocycles. The Morgan fingerprint density at radius 3 is 2.90 bits per heavy atom. The minimum absolute atomic E-state index is 0.471. The first kappa shape index (κ1) is 7.61. The number of hydrogen-bond donors (Lipinski definition) is 1. The molecule has 1 fully saturated rings. The Labute approximate surface area is 62.2 Å². The number of aliphatic hydroxyl groups excluding tert-OH is 1. The normalized spacial score (nSPS) is 29.5. The first-order valence-electron chi connectivity index (χ1n) is 3.85. The molecule has 10 heavy (non-hydrogen) atoms. The van der Waals surface area contributed by atoms with Crippen molar-refractivity contribution in [1.29, 1.82) is 0 Å². The van der Waals surface area contributed by atoms with E-state index in [0.29, 0.717) is 6.04 Å². The van der Waals surface area contributed by atoms with Crippen LogP contribution in [0.1, 0.15) is 19.3 Å². The number of rotatable bonds is 1. The van der Waals surface area contributed by atoms with Gasteiger partial charge in [-0.2, -0.15) is 0 Å². The summed E-state index contributed by atoms with van der Waals surface area (Å²) in [7, 11) is 2.10. The van der Waals surface area contributed by atoms with Gasteiger partial charge in [0.25, 0.3) is 0 Å². The van der Waals surface area contributed by atoms with Crippen LogP contribution in [0, 0.1) is 0 Å². The van der Waals surface area contributed by atoms with Crippen molar-refractivity contribution in [3.05, 3.63) is 12.3 Å². The van der Waals surface area contributed by atoms with Crippen molar-refractivity contribution < 1.29 is 5.11 Å². The van der Waals surface area contributed by atoms with Crippen LogP contribution in [0.25, 0.3) is 0 Å². The maximum Gasteiger partial charge on any atom is 0.0767 e. The molecular formula is C8H15NO. The van der Waals surface area contributed by atoms with Gasteiger partial charge in [0, 0.05) is 6.04 Å². The zero-order chi connectivity index (χ0) is 7.40. The summed E-state index contributed by atoms with van der Waals surface area (Å²) in [6.45, 7) is 1.16. The van der Waals surface area contributed by atoms with Crippen LogP contribution in [-0.2, 0) is 0 Å². The van der Waals surface area contributed by atoms with E-state index in [1.54, 1.807) is 0 Å². The fourth-order valence-electron chi connectivity index (χ4n) is 1.44. The quantitative estimate of drug-likeness (QED) is 0.560. The monoisotopic (exact) mass is 141 g/mol. The van der Waals surface area contributed by atoms with Crippen molar-refractivity contribution >= 4 is 0 Å². The maximum atomic E-state index is 8.53. The number of likely N-dealkylation sites (tertiary alicyclic amines) is 1. The average molecular weight is 141 g/mol. The first-order valence-corrected chi connectivity index (χ1v) is 3.85. The minimum atomic E-state index is 0.471. The lowest BCUT2D eigenvalue weighted by Gasteiger charge is -2.29. The lowest BCUT2D eigenvalue weighted by Crippen LogP contribution is -2.34. The molecule has 1 rings (SSSR count). The highest BCUT2D eigenvalue weighted by Crippen LogP contribution is 2.15. The zero-order valence-corrected chi connectivity index (χ0v) is 6.45. The highest BCUT2D eigenvalue weighted by Gasteiger charge is 2.15. The van der Waals surface area contributed by atoms with E-state index in [1.165, 1.54) is 19.3 Å². The predicted octanol–water partition coefficient (Wildman–Crippen LogP) is 1.54. The molecule has 0 amide bonds. The van der Waals surface area contributed by atoms with Crippen molar-refractivity contribution in [2.24, 2.45) is 0 Å². The van der Waals surface area contributed by atoms with Gasteiger partial charge in [0.1, 0.15) is 0 Å². The Morgan fingerprint density at radius 2 is 2.30 bits per heavy atom. The van der Waals surface area contributed by atoms with Gasteiger partial charge in [0.2, 0.25) is 0 Å². The fraction of sp³-hybridized carbons (Fsp3) is 0.750. The van der Waals surface area contributed by atoms with Gasteiger partial charge < -0.3 is 5.11 Å². The molecule has 0 spiro atoms. The molecule has 58 valence electrons. The molecule has 1 N–H and O–H groups in total. The van der Waals surface area contributed by atoms with E-state index in [2.05, 4.69) is 11.9 Å². The van der Waals surface area contributed by atoms with Gasteiger partial charge in [-0.15, -0.1) is 0 Å². The van der Waals surface area contributed by atoms with Gasteiger partial charge in [-0.3, -0.25) is 4.90 Å². The van der Waals surface area contributed by atoms with E-state index in [1.807, 2.05) is 6.08 Å². The summed E-state index contributed by atoms with van der Waals surface area (Å²) < 4.78 is 0. The van der Waals surface area contributed by atoms with Crippen LogP contribution in [0.4, 0.5) is 0 Å². The van der Waals surface area contributed by atoms with Gasteiger partial charge in [-0.1, -0.05) is 6.42 Å². The van der Waals surface area contributed by atoms with Gasteiger partial charge in [-0.05, 0) is 32.5 Å². The molecule has 0 saturated carbocycles. The molecule has 0 bridgehead atoms. The van der Waals surface area contributed by atoms with Gasteiger partial charge in [0.05, 0.1) is 6.26 Å². The number of hydrogen-bond acceptors (Lipinski definition) is 2. The lowest BCUT2D eigenvalue weighted by atomic mass is 10.0. The van der Waals surface area contributed by atoms with Crippen LogP contribution < -0.4 is 0 Å². The molecule has 2 heteroatoms. The first-order chi connectivity index (χ1) is 4.84. The maximum absolute atomic E-state index is 8.53. The van der Waals surface area contributed by atoms with Crippen molar-refractivity contribution in [2.45, 2.75) is 25.3 Å². The summed E-state index contributed by atoms with van der Waals surface area (Å²) in [5.74, 6) is 0. The molecule has 0 aliphatic carbocycles. The molecule has 0 aromatic rings. The standard InChI is InChI=1S/C8H15NO/c1-9-6-3-2-4-8(9)5-7-10/h5,7-8,10H,2-4,6H2,1H3/b7-5+/t8-/m1/s1. The average Bonchev–Trinajstić information content (AvgIpc) is 1.94. The third kappa shape index (κ3) is 1.74. The summed E-state index contributed by atoms with van der Waals surface area (Å²) >= 11 is 0. The van der Waals surface area contributed by atoms with E-state index in [-0.39, 0.29) is 0 Å². The molecule has 2 nitrogen and oxygen atoms in total. The van der Waals surface area contributed by atoms with E-state index < -0.39 is 0 Å². The van der Waals surface area contributed by atoms with Gasteiger partial charge in [0.15, 0.2) is 0 Å². The molecule has 0 radical (unpaired) electrons. The second kappa shape index (κ2) is 3.62. The second-order valence-electron chi connectivity index (χ2n) is 2.89. The number of likely N-dealkylation sites (N-methyl/N-ethyl adjacent to an activating group) is 1. The number of aliphatic hydroxyl groups is 1. The van der Waals surface area contributed by atoms with Gasteiger partial charge in [-0.25, -0.2) is 0 Å². The Kier molecular flexibility index (Phi) is 2.75. The molecule has 1 heterocycles. The Balaban J connectivity index is 2.39. The SMILES string of the molecule is CN1CCCC[C@@H]1/C=C/O. The molecular weight excluding hydrogens is 126 g/mol. The summed E-state index contributed by atoms with van der Waals surface area (Å²) in [5, 5.41) is 8.53. The van der Waals surface area contributed by atoms with Crippen molar-refractivity contribution in [1.82, 2.24) is 4.90 Å². The van der Waals surface area contributed by atoms with Crippen LogP contribution in [-0.4, -0.2) is 29.6 Å². The number of nitrogens with zero attached hydrogens (tertiary/aromatic N) is 1. The molecule has 0 aromatic carbocycles. The van der Waals surface area contributed by atoms with Crippen LogP contribution in [0.2, 0.25) is 0 Å². The van der Waals surface area contributed by atoms with E-state index in [4.69, 9.17) is 5.11 Å². The van der Waals surface area contributed by atoms with Crippen molar-refractivity contribution in [2.75, 3.05) is 13.6 Å².